The van der Waals surface area contributed by atoms with Crippen LogP contribution in [0.2, 0.25) is 5.15 Å². The molecule has 0 aliphatic carbocycles. The number of ether oxygens (including phenoxy) is 1. The van der Waals surface area contributed by atoms with E-state index in [0.29, 0.717) is 5.15 Å². The molecule has 2 aromatic rings. The summed E-state index contributed by atoms with van der Waals surface area (Å²) in [7, 11) is 0. The zero-order chi connectivity index (χ0) is 18.7. The Labute approximate surface area is 159 Å². The van der Waals surface area contributed by atoms with Gasteiger partial charge in [-0.25, -0.2) is 4.98 Å². The van der Waals surface area contributed by atoms with Crippen LogP contribution < -0.4 is 15.0 Å². The first kappa shape index (κ1) is 18.5. The molecule has 2 heterocycles. The smallest absolute Gasteiger partial charge is 0.217 e. The number of nitrogens with zero attached hydrogens (tertiary/aromatic N) is 2. The summed E-state index contributed by atoms with van der Waals surface area (Å²) < 4.78 is 6.14. The first-order valence-electron chi connectivity index (χ1n) is 8.84. The van der Waals surface area contributed by atoms with E-state index < -0.39 is 0 Å². The maximum absolute atomic E-state index is 11.2. The maximum Gasteiger partial charge on any atom is 0.217 e. The second-order valence-corrected chi connectivity index (χ2v) is 7.07. The number of pyridine rings is 1. The molecule has 26 heavy (non-hydrogen) atoms. The van der Waals surface area contributed by atoms with Gasteiger partial charge in [0.25, 0.3) is 0 Å². The van der Waals surface area contributed by atoms with Crippen LogP contribution in [0.25, 0.3) is 0 Å². The molecule has 1 aromatic carbocycles. The Morgan fingerprint density at radius 2 is 2.08 bits per heavy atom. The number of carbonyl (C=O) groups is 1. The molecule has 1 amide bonds. The molecule has 1 aromatic heterocycles. The summed E-state index contributed by atoms with van der Waals surface area (Å²) >= 11 is 6.13. The predicted molar refractivity (Wildman–Crippen MR) is 104 cm³/mol. The number of aromatic nitrogens is 1. The zero-order valence-electron chi connectivity index (χ0n) is 15.3. The molecule has 1 unspecified atom stereocenters. The maximum atomic E-state index is 11.2. The van der Waals surface area contributed by atoms with E-state index in [1.54, 1.807) is 6.20 Å². The molecule has 1 N–H and O–H groups in total. The van der Waals surface area contributed by atoms with Crippen LogP contribution in [0.5, 0.6) is 5.75 Å². The van der Waals surface area contributed by atoms with Crippen molar-refractivity contribution in [2.45, 2.75) is 39.3 Å². The summed E-state index contributed by atoms with van der Waals surface area (Å²) in [5.74, 6) is 0.815. The lowest BCUT2D eigenvalue weighted by atomic mass is 10.1. The van der Waals surface area contributed by atoms with E-state index in [2.05, 4.69) is 15.2 Å². The quantitative estimate of drug-likeness (QED) is 0.807. The van der Waals surface area contributed by atoms with Crippen molar-refractivity contribution in [3.05, 3.63) is 52.8 Å². The Morgan fingerprint density at radius 1 is 1.35 bits per heavy atom. The van der Waals surface area contributed by atoms with Crippen molar-refractivity contribution in [3.8, 4) is 5.75 Å². The molecule has 2 atom stereocenters. The fourth-order valence-corrected chi connectivity index (χ4v) is 3.46. The number of rotatable bonds is 5. The van der Waals surface area contributed by atoms with Crippen molar-refractivity contribution in [3.63, 3.8) is 0 Å². The Hall–Kier alpha value is -2.27. The third-order valence-electron chi connectivity index (χ3n) is 4.70. The number of hydrogen-bond acceptors (Lipinski definition) is 4. The number of carbonyl (C=O) groups excluding carboxylic acids is 1. The summed E-state index contributed by atoms with van der Waals surface area (Å²) in [5.41, 5.74) is 3.18. The molecule has 1 fully saturated rings. The van der Waals surface area contributed by atoms with Crippen molar-refractivity contribution in [2.24, 2.45) is 0 Å². The van der Waals surface area contributed by atoms with Gasteiger partial charge in [0.1, 0.15) is 17.0 Å². The molecule has 0 saturated carbocycles. The highest BCUT2D eigenvalue weighted by atomic mass is 35.5. The van der Waals surface area contributed by atoms with Crippen LogP contribution in [-0.2, 0) is 4.79 Å². The SMILES string of the molecule is CC(=O)N[C@@H](C)c1ccc(OC2CCN(c3ccnc(Cl)c3C)C2)cc1. The number of anilines is 1. The van der Waals surface area contributed by atoms with Crippen molar-refractivity contribution in [1.82, 2.24) is 10.3 Å². The van der Waals surface area contributed by atoms with Gasteiger partial charge < -0.3 is 15.0 Å². The fraction of sp³-hybridized carbons (Fsp3) is 0.400. The Balaban J connectivity index is 1.60. The van der Waals surface area contributed by atoms with Crippen LogP contribution in [0.3, 0.4) is 0 Å². The molecule has 1 aliphatic rings. The Kier molecular flexibility index (Phi) is 5.67. The fourth-order valence-electron chi connectivity index (χ4n) is 3.30. The molecule has 3 rings (SSSR count). The zero-order valence-corrected chi connectivity index (χ0v) is 16.1. The van der Waals surface area contributed by atoms with E-state index in [1.807, 2.05) is 44.2 Å². The van der Waals surface area contributed by atoms with Crippen LogP contribution in [0.15, 0.2) is 36.5 Å². The van der Waals surface area contributed by atoms with Gasteiger partial charge in [0.2, 0.25) is 5.91 Å². The highest BCUT2D eigenvalue weighted by Gasteiger charge is 2.25. The van der Waals surface area contributed by atoms with Crippen LogP contribution in [0.1, 0.15) is 37.4 Å². The third-order valence-corrected chi connectivity index (χ3v) is 5.08. The standard InChI is InChI=1S/C20H24ClN3O2/c1-13-19(8-10-22-20(13)21)24-11-9-18(12-24)26-17-6-4-16(5-7-17)14(2)23-15(3)25/h4-8,10,14,18H,9,11-12H2,1-3H3,(H,23,25)/t14-,18?/m0/s1. The van der Waals surface area contributed by atoms with Gasteiger partial charge in [0.05, 0.1) is 12.6 Å². The monoisotopic (exact) mass is 373 g/mol. The molecular formula is C20H24ClN3O2. The number of benzene rings is 1. The van der Waals surface area contributed by atoms with Crippen molar-refractivity contribution in [1.29, 1.82) is 0 Å². The molecule has 5 nitrogen and oxygen atoms in total. The van der Waals surface area contributed by atoms with E-state index in [1.165, 1.54) is 6.92 Å². The average molecular weight is 374 g/mol. The highest BCUT2D eigenvalue weighted by molar-refractivity contribution is 6.30. The van der Waals surface area contributed by atoms with Crippen LogP contribution in [-0.4, -0.2) is 30.1 Å². The third kappa shape index (κ3) is 4.28. The second kappa shape index (κ2) is 7.96. The van der Waals surface area contributed by atoms with Crippen molar-refractivity contribution >= 4 is 23.2 Å². The minimum absolute atomic E-state index is 0.0112. The molecule has 0 bridgehead atoms. The molecule has 138 valence electrons. The molecule has 6 heteroatoms. The van der Waals surface area contributed by atoms with E-state index in [0.717, 1.165) is 42.1 Å². The largest absolute Gasteiger partial charge is 0.489 e. The summed E-state index contributed by atoms with van der Waals surface area (Å²) in [6.45, 7) is 7.24. The lowest BCUT2D eigenvalue weighted by Gasteiger charge is -2.21. The number of nitrogens with one attached hydrogen (secondary N) is 1. The van der Waals surface area contributed by atoms with Gasteiger partial charge in [-0.1, -0.05) is 23.7 Å². The lowest BCUT2D eigenvalue weighted by molar-refractivity contribution is -0.119. The Bertz CT molecular complexity index is 779. The van der Waals surface area contributed by atoms with Gasteiger partial charge in [-0.3, -0.25) is 4.79 Å². The molecular weight excluding hydrogens is 350 g/mol. The van der Waals surface area contributed by atoms with Gasteiger partial charge in [-0.15, -0.1) is 0 Å². The predicted octanol–water partition coefficient (Wildman–Crippen LogP) is 3.90. The molecule has 1 saturated heterocycles. The van der Waals surface area contributed by atoms with Crippen LogP contribution >= 0.6 is 11.6 Å². The van der Waals surface area contributed by atoms with Crippen molar-refractivity contribution in [2.75, 3.05) is 18.0 Å². The number of amides is 1. The van der Waals surface area contributed by atoms with Gasteiger partial charge in [-0.2, -0.15) is 0 Å². The lowest BCUT2D eigenvalue weighted by Crippen LogP contribution is -2.25. The highest BCUT2D eigenvalue weighted by Crippen LogP contribution is 2.29. The second-order valence-electron chi connectivity index (χ2n) is 6.71. The first-order chi connectivity index (χ1) is 12.4. The molecule has 0 radical (unpaired) electrons. The van der Waals surface area contributed by atoms with Gasteiger partial charge in [-0.05, 0) is 37.6 Å². The summed E-state index contributed by atoms with van der Waals surface area (Å²) in [5, 5.41) is 3.43. The van der Waals surface area contributed by atoms with E-state index >= 15 is 0 Å². The number of halogens is 1. The summed E-state index contributed by atoms with van der Waals surface area (Å²) in [4.78, 5) is 17.6. The summed E-state index contributed by atoms with van der Waals surface area (Å²) in [6, 6.07) is 9.91. The van der Waals surface area contributed by atoms with E-state index in [-0.39, 0.29) is 18.1 Å². The van der Waals surface area contributed by atoms with Gasteiger partial charge in [0.15, 0.2) is 0 Å². The van der Waals surface area contributed by atoms with Gasteiger partial charge >= 0.3 is 0 Å². The minimum Gasteiger partial charge on any atom is -0.489 e. The van der Waals surface area contributed by atoms with Crippen molar-refractivity contribution < 1.29 is 9.53 Å². The average Bonchev–Trinajstić information content (AvgIpc) is 3.05. The van der Waals surface area contributed by atoms with Gasteiger partial charge in [0, 0.05) is 37.3 Å². The summed E-state index contributed by atoms with van der Waals surface area (Å²) in [6.07, 6.45) is 2.84. The normalized spacial score (nSPS) is 17.8. The molecule has 0 spiro atoms. The van der Waals surface area contributed by atoms with Crippen LogP contribution in [0, 0.1) is 6.92 Å². The first-order valence-corrected chi connectivity index (χ1v) is 9.21. The van der Waals surface area contributed by atoms with E-state index in [9.17, 15) is 4.79 Å². The number of hydrogen-bond donors (Lipinski definition) is 1. The topological polar surface area (TPSA) is 54.5 Å². The Morgan fingerprint density at radius 3 is 2.77 bits per heavy atom. The van der Waals surface area contributed by atoms with Crippen LogP contribution in [0.4, 0.5) is 5.69 Å². The minimum atomic E-state index is -0.0321. The molecule has 1 aliphatic heterocycles. The van der Waals surface area contributed by atoms with E-state index in [4.69, 9.17) is 16.3 Å².